The van der Waals surface area contributed by atoms with Crippen LogP contribution in [0, 0.1) is 6.92 Å². The monoisotopic (exact) mass is 366 g/mol. The number of amides is 1. The summed E-state index contributed by atoms with van der Waals surface area (Å²) in [6, 6.07) is 6.36. The SMILES string of the molecule is CNC(=O)COc1ccc(S(=O)(=O)NCCCn2cccn2)cc1C. The van der Waals surface area contributed by atoms with Crippen LogP contribution in [0.3, 0.4) is 0 Å². The zero-order chi connectivity index (χ0) is 18.3. The number of sulfonamides is 1. The van der Waals surface area contributed by atoms with E-state index in [1.807, 2.05) is 12.3 Å². The number of likely N-dealkylation sites (N-methyl/N-ethyl adjacent to an activating group) is 1. The Bertz CT molecular complexity index is 804. The van der Waals surface area contributed by atoms with Crippen LogP contribution < -0.4 is 14.8 Å². The molecule has 0 aliphatic carbocycles. The fraction of sp³-hybridized carbons (Fsp3) is 0.375. The van der Waals surface area contributed by atoms with Gasteiger partial charge in [0, 0.05) is 32.5 Å². The van der Waals surface area contributed by atoms with Gasteiger partial charge in [-0.25, -0.2) is 13.1 Å². The van der Waals surface area contributed by atoms with Gasteiger partial charge in [-0.3, -0.25) is 9.48 Å². The second kappa shape index (κ2) is 8.63. The predicted molar refractivity (Wildman–Crippen MR) is 92.8 cm³/mol. The van der Waals surface area contributed by atoms with Gasteiger partial charge < -0.3 is 10.1 Å². The third-order valence-corrected chi connectivity index (χ3v) is 4.97. The fourth-order valence-electron chi connectivity index (χ4n) is 2.13. The number of ether oxygens (including phenoxy) is 1. The van der Waals surface area contributed by atoms with Crippen molar-refractivity contribution in [3.8, 4) is 5.75 Å². The molecule has 1 heterocycles. The molecule has 136 valence electrons. The van der Waals surface area contributed by atoms with E-state index in [9.17, 15) is 13.2 Å². The van der Waals surface area contributed by atoms with Crippen molar-refractivity contribution in [2.45, 2.75) is 24.8 Å². The lowest BCUT2D eigenvalue weighted by Gasteiger charge is -2.11. The molecule has 1 amide bonds. The molecule has 0 spiro atoms. The minimum Gasteiger partial charge on any atom is -0.484 e. The number of hydrogen-bond donors (Lipinski definition) is 2. The van der Waals surface area contributed by atoms with Crippen molar-refractivity contribution in [2.75, 3.05) is 20.2 Å². The minimum atomic E-state index is -3.59. The summed E-state index contributed by atoms with van der Waals surface area (Å²) in [5.74, 6) is 0.219. The summed E-state index contributed by atoms with van der Waals surface area (Å²) in [6.45, 7) is 2.57. The van der Waals surface area contributed by atoms with Gasteiger partial charge in [-0.2, -0.15) is 5.10 Å². The fourth-order valence-corrected chi connectivity index (χ4v) is 3.29. The van der Waals surface area contributed by atoms with Crippen LogP contribution in [-0.2, 0) is 21.4 Å². The van der Waals surface area contributed by atoms with Crippen LogP contribution in [0.25, 0.3) is 0 Å². The maximum atomic E-state index is 12.3. The first-order valence-electron chi connectivity index (χ1n) is 7.83. The maximum absolute atomic E-state index is 12.3. The van der Waals surface area contributed by atoms with E-state index in [1.54, 1.807) is 23.9 Å². The van der Waals surface area contributed by atoms with Crippen LogP contribution in [0.1, 0.15) is 12.0 Å². The zero-order valence-corrected chi connectivity index (χ0v) is 15.0. The zero-order valence-electron chi connectivity index (χ0n) is 14.2. The van der Waals surface area contributed by atoms with Gasteiger partial charge in [-0.05, 0) is 43.2 Å². The molecule has 0 unspecified atom stereocenters. The summed E-state index contributed by atoms with van der Waals surface area (Å²) in [5, 5.41) is 6.52. The molecule has 2 rings (SSSR count). The second-order valence-electron chi connectivity index (χ2n) is 5.41. The molecular weight excluding hydrogens is 344 g/mol. The standard InChI is InChI=1S/C16H22N4O4S/c1-13-11-14(5-6-15(13)24-12-16(21)17-2)25(22,23)19-8-4-10-20-9-3-7-18-20/h3,5-7,9,11,19H,4,8,10,12H2,1-2H3,(H,17,21). The van der Waals surface area contributed by atoms with E-state index in [2.05, 4.69) is 15.1 Å². The molecule has 0 bridgehead atoms. The van der Waals surface area contributed by atoms with Crippen LogP contribution in [0.15, 0.2) is 41.6 Å². The van der Waals surface area contributed by atoms with E-state index >= 15 is 0 Å². The number of carbonyl (C=O) groups excluding carboxylic acids is 1. The van der Waals surface area contributed by atoms with Gasteiger partial charge >= 0.3 is 0 Å². The molecule has 0 aliphatic rings. The first-order chi connectivity index (χ1) is 11.9. The van der Waals surface area contributed by atoms with Crippen molar-refractivity contribution in [2.24, 2.45) is 0 Å². The van der Waals surface area contributed by atoms with Crippen LogP contribution in [0.4, 0.5) is 0 Å². The number of hydrogen-bond acceptors (Lipinski definition) is 5. The van der Waals surface area contributed by atoms with Gasteiger partial charge in [-0.1, -0.05) is 0 Å². The highest BCUT2D eigenvalue weighted by Gasteiger charge is 2.15. The Morgan fingerprint density at radius 2 is 2.16 bits per heavy atom. The van der Waals surface area contributed by atoms with E-state index < -0.39 is 10.0 Å². The number of carbonyl (C=O) groups is 1. The largest absolute Gasteiger partial charge is 0.484 e. The van der Waals surface area contributed by atoms with Gasteiger partial charge in [0.2, 0.25) is 10.0 Å². The van der Waals surface area contributed by atoms with E-state index in [4.69, 9.17) is 4.74 Å². The molecule has 2 aromatic rings. The van der Waals surface area contributed by atoms with Gasteiger partial charge in [0.15, 0.2) is 6.61 Å². The Morgan fingerprint density at radius 3 is 2.80 bits per heavy atom. The van der Waals surface area contributed by atoms with Gasteiger partial charge in [0.05, 0.1) is 4.90 Å². The van der Waals surface area contributed by atoms with E-state index in [0.29, 0.717) is 30.8 Å². The van der Waals surface area contributed by atoms with Crippen molar-refractivity contribution in [1.29, 1.82) is 0 Å². The molecule has 1 aromatic carbocycles. The van der Waals surface area contributed by atoms with Crippen LogP contribution in [0.5, 0.6) is 5.75 Å². The molecule has 1 aromatic heterocycles. The number of aryl methyl sites for hydroxylation is 2. The van der Waals surface area contributed by atoms with Crippen molar-refractivity contribution >= 4 is 15.9 Å². The van der Waals surface area contributed by atoms with E-state index in [1.165, 1.54) is 19.2 Å². The van der Waals surface area contributed by atoms with E-state index in [-0.39, 0.29) is 17.4 Å². The third-order valence-electron chi connectivity index (χ3n) is 3.51. The molecular formula is C16H22N4O4S. The van der Waals surface area contributed by atoms with Gasteiger partial charge in [-0.15, -0.1) is 0 Å². The summed E-state index contributed by atoms with van der Waals surface area (Å²) >= 11 is 0. The number of rotatable bonds is 9. The lowest BCUT2D eigenvalue weighted by molar-refractivity contribution is -0.122. The average Bonchev–Trinajstić information content (AvgIpc) is 3.10. The Morgan fingerprint density at radius 1 is 1.36 bits per heavy atom. The quantitative estimate of drug-likeness (QED) is 0.636. The average molecular weight is 366 g/mol. The van der Waals surface area contributed by atoms with E-state index in [0.717, 1.165) is 0 Å². The molecule has 8 nitrogen and oxygen atoms in total. The first kappa shape index (κ1) is 18.9. The number of nitrogens with one attached hydrogen (secondary N) is 2. The predicted octanol–water partition coefficient (Wildman–Crippen LogP) is 0.685. The van der Waals surface area contributed by atoms with Crippen LogP contribution in [-0.4, -0.2) is 44.3 Å². The molecule has 0 atom stereocenters. The van der Waals surface area contributed by atoms with Gasteiger partial charge in [0.1, 0.15) is 5.75 Å². The Labute approximate surface area is 147 Å². The number of aromatic nitrogens is 2. The van der Waals surface area contributed by atoms with Crippen molar-refractivity contribution in [3.05, 3.63) is 42.2 Å². The van der Waals surface area contributed by atoms with Crippen LogP contribution in [0.2, 0.25) is 0 Å². The highest BCUT2D eigenvalue weighted by molar-refractivity contribution is 7.89. The highest BCUT2D eigenvalue weighted by Crippen LogP contribution is 2.21. The second-order valence-corrected chi connectivity index (χ2v) is 7.18. The molecule has 0 saturated heterocycles. The Kier molecular flexibility index (Phi) is 6.54. The van der Waals surface area contributed by atoms with Crippen molar-refractivity contribution in [1.82, 2.24) is 19.8 Å². The molecule has 0 saturated carbocycles. The lowest BCUT2D eigenvalue weighted by atomic mass is 10.2. The molecule has 25 heavy (non-hydrogen) atoms. The van der Waals surface area contributed by atoms with Gasteiger partial charge in [0.25, 0.3) is 5.91 Å². The smallest absolute Gasteiger partial charge is 0.257 e. The summed E-state index contributed by atoms with van der Waals surface area (Å²) in [4.78, 5) is 11.4. The van der Waals surface area contributed by atoms with Crippen molar-refractivity contribution < 1.29 is 17.9 Å². The molecule has 9 heteroatoms. The Balaban J connectivity index is 1.92. The molecule has 0 fully saturated rings. The first-order valence-corrected chi connectivity index (χ1v) is 9.32. The molecule has 0 radical (unpaired) electrons. The highest BCUT2D eigenvalue weighted by atomic mass is 32.2. The Hall–Kier alpha value is -2.39. The lowest BCUT2D eigenvalue weighted by Crippen LogP contribution is -2.26. The minimum absolute atomic E-state index is 0.116. The summed E-state index contributed by atoms with van der Waals surface area (Å²) in [7, 11) is -2.07. The maximum Gasteiger partial charge on any atom is 0.257 e. The molecule has 2 N–H and O–H groups in total. The topological polar surface area (TPSA) is 102 Å². The summed E-state index contributed by atoms with van der Waals surface area (Å²) < 4.78 is 34.3. The van der Waals surface area contributed by atoms with Crippen LogP contribution >= 0.6 is 0 Å². The third kappa shape index (κ3) is 5.57. The number of benzene rings is 1. The number of nitrogens with zero attached hydrogens (tertiary/aromatic N) is 2. The van der Waals surface area contributed by atoms with Crippen molar-refractivity contribution in [3.63, 3.8) is 0 Å². The summed E-state index contributed by atoms with van der Waals surface area (Å²) in [6.07, 6.45) is 4.14. The molecule has 0 aliphatic heterocycles. The summed E-state index contributed by atoms with van der Waals surface area (Å²) in [5.41, 5.74) is 0.642. The normalized spacial score (nSPS) is 11.3.